The summed E-state index contributed by atoms with van der Waals surface area (Å²) in [5.41, 5.74) is 0. The van der Waals surface area contributed by atoms with Crippen LogP contribution < -0.4 is 4.90 Å². The molecule has 1 heterocycles. The highest BCUT2D eigenvalue weighted by molar-refractivity contribution is 6.31. The molecule has 1 aliphatic rings. The molecule has 2 rings (SSSR count). The maximum atomic E-state index is 6.17. The summed E-state index contributed by atoms with van der Waals surface area (Å²) in [6, 6.07) is 0.589. The maximum absolute atomic E-state index is 6.17. The van der Waals surface area contributed by atoms with Gasteiger partial charge in [0, 0.05) is 25.0 Å². The summed E-state index contributed by atoms with van der Waals surface area (Å²) < 4.78 is 0. The largest absolute Gasteiger partial charge is 0.351 e. The van der Waals surface area contributed by atoms with Crippen molar-refractivity contribution in [1.82, 2.24) is 9.97 Å². The Bertz CT molecular complexity index is 361. The summed E-state index contributed by atoms with van der Waals surface area (Å²) in [4.78, 5) is 10.9. The zero-order valence-electron chi connectivity index (χ0n) is 10.6. The van der Waals surface area contributed by atoms with Crippen molar-refractivity contribution in [2.45, 2.75) is 45.6 Å². The molecule has 1 saturated carbocycles. The average Bonchev–Trinajstić information content (AvgIpc) is 2.80. The van der Waals surface area contributed by atoms with E-state index in [1.165, 1.54) is 25.7 Å². The molecule has 0 N–H and O–H groups in total. The first-order valence-corrected chi connectivity index (χ1v) is 6.79. The van der Waals surface area contributed by atoms with Gasteiger partial charge in [-0.3, -0.25) is 0 Å². The zero-order valence-corrected chi connectivity index (χ0v) is 11.3. The summed E-state index contributed by atoms with van der Waals surface area (Å²) in [7, 11) is 0. The number of anilines is 1. The highest BCUT2D eigenvalue weighted by Gasteiger charge is 2.25. The molecule has 17 heavy (non-hydrogen) atoms. The van der Waals surface area contributed by atoms with E-state index < -0.39 is 0 Å². The second-order valence-corrected chi connectivity index (χ2v) is 5.51. The normalized spacial score (nSPS) is 16.7. The van der Waals surface area contributed by atoms with Crippen molar-refractivity contribution in [3.05, 3.63) is 17.5 Å². The smallest absolute Gasteiger partial charge is 0.171 e. The lowest BCUT2D eigenvalue weighted by Gasteiger charge is -2.31. The summed E-state index contributed by atoms with van der Waals surface area (Å²) in [6.45, 7) is 5.46. The van der Waals surface area contributed by atoms with Crippen LogP contribution in [0.25, 0.3) is 0 Å². The Balaban J connectivity index is 2.22. The van der Waals surface area contributed by atoms with E-state index in [4.69, 9.17) is 11.6 Å². The Hall–Kier alpha value is -0.830. The lowest BCUT2D eigenvalue weighted by atomic mass is 10.1. The number of rotatable bonds is 4. The van der Waals surface area contributed by atoms with Crippen LogP contribution in [-0.2, 0) is 0 Å². The third-order valence-corrected chi connectivity index (χ3v) is 3.50. The fourth-order valence-electron chi connectivity index (χ4n) is 2.52. The first kappa shape index (κ1) is 12.6. The minimum absolute atomic E-state index is 0.528. The molecule has 0 aromatic carbocycles. The Morgan fingerprint density at radius 3 is 2.53 bits per heavy atom. The predicted molar refractivity (Wildman–Crippen MR) is 71.5 cm³/mol. The van der Waals surface area contributed by atoms with Crippen LogP contribution in [-0.4, -0.2) is 22.6 Å². The van der Waals surface area contributed by atoms with Crippen LogP contribution >= 0.6 is 11.6 Å². The van der Waals surface area contributed by atoms with Crippen molar-refractivity contribution in [1.29, 1.82) is 0 Å². The van der Waals surface area contributed by atoms with Gasteiger partial charge in [-0.1, -0.05) is 38.3 Å². The van der Waals surface area contributed by atoms with Crippen molar-refractivity contribution < 1.29 is 0 Å². The van der Waals surface area contributed by atoms with Crippen molar-refractivity contribution >= 4 is 17.4 Å². The molecule has 0 atom stereocenters. The molecule has 1 aromatic heterocycles. The number of aromatic nitrogens is 2. The molecule has 1 aliphatic carbocycles. The third kappa shape index (κ3) is 3.09. The lowest BCUT2D eigenvalue weighted by molar-refractivity contribution is 0.530. The monoisotopic (exact) mass is 253 g/mol. The molecule has 0 unspecified atom stereocenters. The molecule has 0 spiro atoms. The van der Waals surface area contributed by atoms with Crippen LogP contribution in [0.4, 0.5) is 5.82 Å². The molecule has 0 saturated heterocycles. The van der Waals surface area contributed by atoms with Crippen LogP contribution in [0.1, 0.15) is 39.5 Å². The Labute approximate surface area is 108 Å². The van der Waals surface area contributed by atoms with E-state index in [9.17, 15) is 0 Å². The fraction of sp³-hybridized carbons (Fsp3) is 0.692. The van der Waals surface area contributed by atoms with Crippen LogP contribution in [0.15, 0.2) is 12.4 Å². The standard InChI is InChI=1S/C13H20ClN3/c1-10(2)9-17(11-5-3-4-6-11)13-12(14)15-7-8-16-13/h7-8,10-11H,3-6,9H2,1-2H3. The Morgan fingerprint density at radius 1 is 1.29 bits per heavy atom. The lowest BCUT2D eigenvalue weighted by Crippen LogP contribution is -2.37. The van der Waals surface area contributed by atoms with Gasteiger partial charge in [0.25, 0.3) is 0 Å². The zero-order chi connectivity index (χ0) is 12.3. The Morgan fingerprint density at radius 2 is 1.94 bits per heavy atom. The first-order valence-electron chi connectivity index (χ1n) is 6.41. The summed E-state index contributed by atoms with van der Waals surface area (Å²) in [5.74, 6) is 1.46. The van der Waals surface area contributed by atoms with E-state index in [1.807, 2.05) is 0 Å². The van der Waals surface area contributed by atoms with E-state index in [2.05, 4.69) is 28.7 Å². The number of hydrogen-bond donors (Lipinski definition) is 0. The summed E-state index contributed by atoms with van der Waals surface area (Å²) >= 11 is 6.17. The van der Waals surface area contributed by atoms with Crippen molar-refractivity contribution in [2.24, 2.45) is 5.92 Å². The number of nitrogens with zero attached hydrogens (tertiary/aromatic N) is 3. The molecule has 0 amide bonds. The maximum Gasteiger partial charge on any atom is 0.171 e. The quantitative estimate of drug-likeness (QED) is 0.822. The molecule has 0 aliphatic heterocycles. The topological polar surface area (TPSA) is 29.0 Å². The van der Waals surface area contributed by atoms with Gasteiger partial charge >= 0.3 is 0 Å². The third-order valence-electron chi connectivity index (χ3n) is 3.24. The van der Waals surface area contributed by atoms with Gasteiger partial charge in [0.15, 0.2) is 11.0 Å². The van der Waals surface area contributed by atoms with Crippen molar-refractivity contribution in [3.63, 3.8) is 0 Å². The molecule has 0 radical (unpaired) electrons. The van der Waals surface area contributed by atoms with Gasteiger partial charge in [-0.05, 0) is 18.8 Å². The molecule has 1 fully saturated rings. The number of halogens is 1. The van der Waals surface area contributed by atoms with Gasteiger partial charge in [-0.15, -0.1) is 0 Å². The minimum Gasteiger partial charge on any atom is -0.351 e. The molecular weight excluding hydrogens is 234 g/mol. The summed E-state index contributed by atoms with van der Waals surface area (Å²) in [6.07, 6.45) is 8.51. The SMILES string of the molecule is CC(C)CN(c1nccnc1Cl)C1CCCC1. The highest BCUT2D eigenvalue weighted by Crippen LogP contribution is 2.30. The van der Waals surface area contributed by atoms with Gasteiger partial charge in [-0.2, -0.15) is 0 Å². The molecule has 3 nitrogen and oxygen atoms in total. The Kier molecular flexibility index (Phi) is 4.21. The van der Waals surface area contributed by atoms with Gasteiger partial charge < -0.3 is 4.90 Å². The van der Waals surface area contributed by atoms with Crippen molar-refractivity contribution in [3.8, 4) is 0 Å². The molecule has 94 valence electrons. The average molecular weight is 254 g/mol. The molecule has 4 heteroatoms. The first-order chi connectivity index (χ1) is 8.18. The molecule has 1 aromatic rings. The molecule has 0 bridgehead atoms. The van der Waals surface area contributed by atoms with Crippen molar-refractivity contribution in [2.75, 3.05) is 11.4 Å². The van der Waals surface area contributed by atoms with E-state index in [1.54, 1.807) is 12.4 Å². The van der Waals surface area contributed by atoms with Gasteiger partial charge in [0.2, 0.25) is 0 Å². The van der Waals surface area contributed by atoms with E-state index in [0.29, 0.717) is 17.1 Å². The second kappa shape index (κ2) is 5.67. The second-order valence-electron chi connectivity index (χ2n) is 5.16. The van der Waals surface area contributed by atoms with Crippen LogP contribution in [0.2, 0.25) is 5.15 Å². The van der Waals surface area contributed by atoms with Gasteiger partial charge in [-0.25, -0.2) is 9.97 Å². The van der Waals surface area contributed by atoms with E-state index in [0.717, 1.165) is 12.4 Å². The fourth-order valence-corrected chi connectivity index (χ4v) is 2.74. The van der Waals surface area contributed by atoms with Crippen LogP contribution in [0.3, 0.4) is 0 Å². The van der Waals surface area contributed by atoms with E-state index >= 15 is 0 Å². The van der Waals surface area contributed by atoms with E-state index in [-0.39, 0.29) is 0 Å². The summed E-state index contributed by atoms with van der Waals surface area (Å²) in [5, 5.41) is 0.528. The van der Waals surface area contributed by atoms with Gasteiger partial charge in [0.05, 0.1) is 0 Å². The van der Waals surface area contributed by atoms with Gasteiger partial charge in [0.1, 0.15) is 0 Å². The minimum atomic E-state index is 0.528. The van der Waals surface area contributed by atoms with Crippen LogP contribution in [0, 0.1) is 5.92 Å². The molecular formula is C13H20ClN3. The van der Waals surface area contributed by atoms with Crippen LogP contribution in [0.5, 0.6) is 0 Å². The number of hydrogen-bond acceptors (Lipinski definition) is 3. The highest BCUT2D eigenvalue weighted by atomic mass is 35.5. The predicted octanol–water partition coefficient (Wildman–Crippen LogP) is 3.54.